The maximum Gasteiger partial charge on any atom is 0.142 e. The van der Waals surface area contributed by atoms with E-state index in [-0.39, 0.29) is 5.82 Å². The van der Waals surface area contributed by atoms with Gasteiger partial charge in [-0.25, -0.2) is 19.0 Å². The van der Waals surface area contributed by atoms with Crippen LogP contribution in [0.1, 0.15) is 6.42 Å². The Morgan fingerprint density at radius 2 is 2.22 bits per heavy atom. The van der Waals surface area contributed by atoms with Crippen LogP contribution in [0.2, 0.25) is 0 Å². The van der Waals surface area contributed by atoms with Gasteiger partial charge in [-0.15, -0.1) is 5.10 Å². The molecule has 2 aromatic heterocycles. The predicted octanol–water partition coefficient (Wildman–Crippen LogP) is 1.00. The van der Waals surface area contributed by atoms with Gasteiger partial charge in [-0.05, 0) is 18.6 Å². The fourth-order valence-electron chi connectivity index (χ4n) is 3.08. The molecule has 1 atom stereocenters. The average molecular weight is 314 g/mol. The summed E-state index contributed by atoms with van der Waals surface area (Å²) < 4.78 is 15.8. The Balaban J connectivity index is 1.65. The van der Waals surface area contributed by atoms with Crippen LogP contribution >= 0.6 is 0 Å². The minimum atomic E-state index is -0.948. The molecule has 0 saturated carbocycles. The van der Waals surface area contributed by atoms with Crippen LogP contribution in [0.15, 0.2) is 36.9 Å². The summed E-state index contributed by atoms with van der Waals surface area (Å²) in [5.74, 6) is 0.160. The fourth-order valence-corrected chi connectivity index (χ4v) is 3.08. The number of hydrogen-bond donors (Lipinski definition) is 1. The summed E-state index contributed by atoms with van der Waals surface area (Å²) in [5.41, 5.74) is -0.391. The zero-order valence-corrected chi connectivity index (χ0v) is 12.3. The Morgan fingerprint density at radius 3 is 3.04 bits per heavy atom. The van der Waals surface area contributed by atoms with E-state index < -0.39 is 5.60 Å². The zero-order chi connectivity index (χ0) is 15.9. The number of rotatable bonds is 3. The summed E-state index contributed by atoms with van der Waals surface area (Å²) in [7, 11) is 0. The lowest BCUT2D eigenvalue weighted by Gasteiger charge is -2.24. The van der Waals surface area contributed by atoms with Gasteiger partial charge in [0.2, 0.25) is 0 Å². The van der Waals surface area contributed by atoms with E-state index in [0.717, 1.165) is 0 Å². The van der Waals surface area contributed by atoms with Gasteiger partial charge in [-0.3, -0.25) is 0 Å². The van der Waals surface area contributed by atoms with Gasteiger partial charge in [0.15, 0.2) is 0 Å². The number of fused-ring (bicyclic) bond motifs is 1. The van der Waals surface area contributed by atoms with Gasteiger partial charge in [-0.1, -0.05) is 11.3 Å². The van der Waals surface area contributed by atoms with E-state index in [1.54, 1.807) is 29.2 Å². The van der Waals surface area contributed by atoms with E-state index in [4.69, 9.17) is 0 Å². The Hall–Kier alpha value is -2.61. The van der Waals surface area contributed by atoms with Crippen LogP contribution in [0.25, 0.3) is 10.9 Å². The molecule has 0 spiro atoms. The zero-order valence-electron chi connectivity index (χ0n) is 12.3. The molecule has 1 aliphatic heterocycles. The van der Waals surface area contributed by atoms with Crippen molar-refractivity contribution in [3.05, 3.63) is 42.7 Å². The van der Waals surface area contributed by atoms with Crippen molar-refractivity contribution < 1.29 is 9.50 Å². The van der Waals surface area contributed by atoms with Gasteiger partial charge in [0.25, 0.3) is 0 Å². The molecule has 0 bridgehead atoms. The molecule has 1 N–H and O–H groups in total. The molecule has 8 heteroatoms. The maximum absolute atomic E-state index is 14.2. The monoisotopic (exact) mass is 314 g/mol. The second-order valence-corrected chi connectivity index (χ2v) is 5.83. The van der Waals surface area contributed by atoms with Crippen molar-refractivity contribution in [1.82, 2.24) is 25.0 Å². The van der Waals surface area contributed by atoms with Crippen molar-refractivity contribution in [3.8, 4) is 0 Å². The average Bonchev–Trinajstić information content (AvgIpc) is 3.17. The number of anilines is 1. The molecule has 1 unspecified atom stereocenters. The second-order valence-electron chi connectivity index (χ2n) is 5.83. The summed E-state index contributed by atoms with van der Waals surface area (Å²) in [6.07, 6.45) is 5.25. The number of hydrogen-bond acceptors (Lipinski definition) is 6. The van der Waals surface area contributed by atoms with E-state index in [1.807, 2.05) is 4.90 Å². The van der Waals surface area contributed by atoms with Crippen molar-refractivity contribution in [1.29, 1.82) is 0 Å². The van der Waals surface area contributed by atoms with E-state index in [1.165, 1.54) is 12.4 Å². The van der Waals surface area contributed by atoms with E-state index in [9.17, 15) is 9.50 Å². The summed E-state index contributed by atoms with van der Waals surface area (Å²) in [4.78, 5) is 10.2. The maximum atomic E-state index is 14.2. The summed E-state index contributed by atoms with van der Waals surface area (Å²) in [6, 6.07) is 4.77. The lowest BCUT2D eigenvalue weighted by Crippen LogP contribution is -2.38. The molecule has 1 aliphatic rings. The van der Waals surface area contributed by atoms with Crippen LogP contribution in [0, 0.1) is 5.82 Å². The summed E-state index contributed by atoms with van der Waals surface area (Å²) >= 11 is 0. The third kappa shape index (κ3) is 2.50. The van der Waals surface area contributed by atoms with Crippen LogP contribution in [0.4, 0.5) is 10.2 Å². The smallest absolute Gasteiger partial charge is 0.142 e. The third-order valence-corrected chi connectivity index (χ3v) is 4.15. The molecule has 23 heavy (non-hydrogen) atoms. The standard InChI is InChI=1S/C15H15FN6O/c16-11-2-1-3-12-13(11)14(18-10-17-12)21-6-4-15(23,8-21)9-22-7-5-19-20-22/h1-3,5,7,10,23H,4,6,8-9H2. The number of nitrogens with zero attached hydrogens (tertiary/aromatic N) is 6. The lowest BCUT2D eigenvalue weighted by atomic mass is 10.0. The normalized spacial score (nSPS) is 21.2. The molecule has 1 saturated heterocycles. The minimum absolute atomic E-state index is 0.342. The Labute approximate surface area is 131 Å². The van der Waals surface area contributed by atoms with Gasteiger partial charge in [0.1, 0.15) is 23.6 Å². The van der Waals surface area contributed by atoms with Crippen molar-refractivity contribution in [2.75, 3.05) is 18.0 Å². The molecule has 0 radical (unpaired) electrons. The third-order valence-electron chi connectivity index (χ3n) is 4.15. The highest BCUT2D eigenvalue weighted by molar-refractivity contribution is 5.90. The molecule has 3 heterocycles. The van der Waals surface area contributed by atoms with E-state index in [0.29, 0.717) is 42.8 Å². The molecule has 118 valence electrons. The predicted molar refractivity (Wildman–Crippen MR) is 81.3 cm³/mol. The van der Waals surface area contributed by atoms with E-state index >= 15 is 0 Å². The summed E-state index contributed by atoms with van der Waals surface area (Å²) in [6.45, 7) is 1.29. The highest BCUT2D eigenvalue weighted by Gasteiger charge is 2.38. The fraction of sp³-hybridized carbons (Fsp3) is 0.333. The van der Waals surface area contributed by atoms with Gasteiger partial charge >= 0.3 is 0 Å². The van der Waals surface area contributed by atoms with Gasteiger partial charge in [0.05, 0.1) is 30.2 Å². The van der Waals surface area contributed by atoms with Crippen LogP contribution < -0.4 is 4.90 Å². The molecule has 4 rings (SSSR count). The molecule has 0 aliphatic carbocycles. The highest BCUT2D eigenvalue weighted by Crippen LogP contribution is 2.31. The highest BCUT2D eigenvalue weighted by atomic mass is 19.1. The number of halogens is 1. The van der Waals surface area contributed by atoms with Gasteiger partial charge in [-0.2, -0.15) is 0 Å². The largest absolute Gasteiger partial charge is 0.386 e. The first-order chi connectivity index (χ1) is 11.1. The first-order valence-electron chi connectivity index (χ1n) is 7.35. The number of aliphatic hydroxyl groups is 1. The topological polar surface area (TPSA) is 80.0 Å². The summed E-state index contributed by atoms with van der Waals surface area (Å²) in [5, 5.41) is 18.8. The Bertz CT molecular complexity index is 834. The Kier molecular flexibility index (Phi) is 3.19. The number of benzene rings is 1. The minimum Gasteiger partial charge on any atom is -0.386 e. The SMILES string of the molecule is OC1(Cn2ccnn2)CCN(c2ncnc3cccc(F)c23)C1. The van der Waals surface area contributed by atoms with Gasteiger partial charge in [0, 0.05) is 12.7 Å². The van der Waals surface area contributed by atoms with Crippen LogP contribution in [-0.2, 0) is 6.54 Å². The van der Waals surface area contributed by atoms with Crippen molar-refractivity contribution in [2.24, 2.45) is 0 Å². The first kappa shape index (κ1) is 14.0. The molecular formula is C15H15FN6O. The van der Waals surface area contributed by atoms with Crippen LogP contribution in [0.3, 0.4) is 0 Å². The first-order valence-corrected chi connectivity index (χ1v) is 7.35. The molecule has 1 aromatic carbocycles. The number of aromatic nitrogens is 5. The van der Waals surface area contributed by atoms with E-state index in [2.05, 4.69) is 20.3 Å². The van der Waals surface area contributed by atoms with Gasteiger partial charge < -0.3 is 10.0 Å². The van der Waals surface area contributed by atoms with Crippen molar-refractivity contribution in [2.45, 2.75) is 18.6 Å². The van der Waals surface area contributed by atoms with Crippen molar-refractivity contribution >= 4 is 16.7 Å². The molecule has 0 amide bonds. The second kappa shape index (κ2) is 5.24. The van der Waals surface area contributed by atoms with Crippen LogP contribution in [-0.4, -0.2) is 48.8 Å². The number of β-amino-alcohol motifs (C(OH)–C–C–N with tert-alkyl or cyclic N) is 1. The Morgan fingerprint density at radius 1 is 1.30 bits per heavy atom. The molecule has 1 fully saturated rings. The molecular weight excluding hydrogens is 299 g/mol. The molecule has 7 nitrogen and oxygen atoms in total. The lowest BCUT2D eigenvalue weighted by molar-refractivity contribution is 0.0408. The van der Waals surface area contributed by atoms with Crippen molar-refractivity contribution in [3.63, 3.8) is 0 Å². The van der Waals surface area contributed by atoms with Crippen LogP contribution in [0.5, 0.6) is 0 Å². The quantitative estimate of drug-likeness (QED) is 0.777. The molecule has 3 aromatic rings.